The van der Waals surface area contributed by atoms with Gasteiger partial charge in [0.15, 0.2) is 0 Å². The van der Waals surface area contributed by atoms with Crippen molar-refractivity contribution >= 4 is 29.4 Å². The average molecular weight is 327 g/mol. The molecule has 0 aliphatic carbocycles. The molecular formula is C16H20Cl2N2O. The zero-order valence-corrected chi connectivity index (χ0v) is 13.8. The predicted octanol–water partition coefficient (Wildman–Crippen LogP) is 4.19. The zero-order valence-electron chi connectivity index (χ0n) is 12.3. The number of fused-ring (bicyclic) bond motifs is 2. The number of hydrogen-bond donors (Lipinski definition) is 0. The molecule has 114 valence electrons. The van der Waals surface area contributed by atoms with Gasteiger partial charge in [-0.1, -0.05) is 34.4 Å². The lowest BCUT2D eigenvalue weighted by Gasteiger charge is -2.41. The normalized spacial score (nSPS) is 32.8. The van der Waals surface area contributed by atoms with E-state index in [0.29, 0.717) is 34.0 Å². The summed E-state index contributed by atoms with van der Waals surface area (Å²) in [6.45, 7) is 0. The van der Waals surface area contributed by atoms with Crippen molar-refractivity contribution in [1.82, 2.24) is 4.90 Å². The molecule has 2 aliphatic rings. The number of nitrogens with zero attached hydrogens (tertiary/aromatic N) is 2. The van der Waals surface area contributed by atoms with Gasteiger partial charge in [0.25, 0.3) is 0 Å². The van der Waals surface area contributed by atoms with Gasteiger partial charge in [0.05, 0.1) is 10.0 Å². The van der Waals surface area contributed by atoms with Crippen LogP contribution in [0.4, 0.5) is 0 Å². The van der Waals surface area contributed by atoms with E-state index in [1.54, 1.807) is 7.11 Å². The molecule has 5 heteroatoms. The highest BCUT2D eigenvalue weighted by molar-refractivity contribution is 6.42. The minimum Gasteiger partial charge on any atom is -0.399 e. The second kappa shape index (κ2) is 6.15. The SMILES string of the molecule is CO/N=C/[C@H]1C2CC[C@H](C[C@@H]1c1ccc(Cl)c(Cl)c1)N2C. The van der Waals surface area contributed by atoms with Gasteiger partial charge < -0.3 is 4.84 Å². The molecule has 0 amide bonds. The summed E-state index contributed by atoms with van der Waals surface area (Å²) in [6, 6.07) is 7.18. The monoisotopic (exact) mass is 326 g/mol. The summed E-state index contributed by atoms with van der Waals surface area (Å²) in [5.41, 5.74) is 1.25. The second-order valence-corrected chi connectivity index (χ2v) is 6.81. The molecule has 2 heterocycles. The summed E-state index contributed by atoms with van der Waals surface area (Å²) in [4.78, 5) is 7.42. The molecule has 2 bridgehead atoms. The first-order valence-corrected chi connectivity index (χ1v) is 8.11. The Bertz CT molecular complexity index is 549. The highest BCUT2D eigenvalue weighted by atomic mass is 35.5. The molecule has 4 atom stereocenters. The van der Waals surface area contributed by atoms with Gasteiger partial charge in [-0.15, -0.1) is 0 Å². The van der Waals surface area contributed by atoms with Crippen LogP contribution in [0.2, 0.25) is 10.0 Å². The van der Waals surface area contributed by atoms with Crippen LogP contribution >= 0.6 is 23.2 Å². The first kappa shape index (κ1) is 15.1. The van der Waals surface area contributed by atoms with Gasteiger partial charge in [-0.3, -0.25) is 4.90 Å². The summed E-state index contributed by atoms with van der Waals surface area (Å²) in [5.74, 6) is 0.776. The minimum absolute atomic E-state index is 0.353. The van der Waals surface area contributed by atoms with Crippen molar-refractivity contribution in [2.24, 2.45) is 11.1 Å². The van der Waals surface area contributed by atoms with Gasteiger partial charge in [0.2, 0.25) is 0 Å². The van der Waals surface area contributed by atoms with Gasteiger partial charge in [-0.25, -0.2) is 0 Å². The Hall–Kier alpha value is -0.770. The van der Waals surface area contributed by atoms with Crippen LogP contribution in [0.15, 0.2) is 23.4 Å². The molecule has 21 heavy (non-hydrogen) atoms. The summed E-state index contributed by atoms with van der Waals surface area (Å²) in [7, 11) is 3.82. The summed E-state index contributed by atoms with van der Waals surface area (Å²) >= 11 is 12.2. The molecule has 0 spiro atoms. The Kier molecular flexibility index (Phi) is 4.43. The first-order chi connectivity index (χ1) is 10.1. The van der Waals surface area contributed by atoms with Crippen LogP contribution in [0.5, 0.6) is 0 Å². The molecule has 3 rings (SSSR count). The maximum Gasteiger partial charge on any atom is 0.106 e. The largest absolute Gasteiger partial charge is 0.399 e. The Morgan fingerprint density at radius 1 is 1.29 bits per heavy atom. The minimum atomic E-state index is 0.353. The van der Waals surface area contributed by atoms with Crippen LogP contribution in [-0.2, 0) is 4.84 Å². The fourth-order valence-electron chi connectivity index (χ4n) is 3.94. The van der Waals surface area contributed by atoms with E-state index >= 15 is 0 Å². The van der Waals surface area contributed by atoms with Crippen LogP contribution in [0, 0.1) is 5.92 Å². The van der Waals surface area contributed by atoms with Crippen LogP contribution in [0.3, 0.4) is 0 Å². The number of hydrogen-bond acceptors (Lipinski definition) is 3. The number of piperidine rings is 1. The third-order valence-electron chi connectivity index (χ3n) is 5.04. The second-order valence-electron chi connectivity index (χ2n) is 5.99. The van der Waals surface area contributed by atoms with Crippen LogP contribution in [0.25, 0.3) is 0 Å². The molecule has 2 fully saturated rings. The van der Waals surface area contributed by atoms with Crippen molar-refractivity contribution in [2.75, 3.05) is 14.2 Å². The number of halogens is 2. The Morgan fingerprint density at radius 2 is 2.10 bits per heavy atom. The quantitative estimate of drug-likeness (QED) is 0.614. The lowest BCUT2D eigenvalue weighted by Crippen LogP contribution is -2.46. The fraction of sp³-hybridized carbons (Fsp3) is 0.562. The van der Waals surface area contributed by atoms with Crippen molar-refractivity contribution in [3.8, 4) is 0 Å². The lowest BCUT2D eigenvalue weighted by atomic mass is 9.77. The van der Waals surface area contributed by atoms with Gasteiger partial charge >= 0.3 is 0 Å². The molecule has 3 nitrogen and oxygen atoms in total. The summed E-state index contributed by atoms with van der Waals surface area (Å²) in [6.07, 6.45) is 5.58. The molecule has 0 aromatic heterocycles. The van der Waals surface area contributed by atoms with E-state index in [4.69, 9.17) is 28.0 Å². The first-order valence-electron chi connectivity index (χ1n) is 7.35. The van der Waals surface area contributed by atoms with Crippen LogP contribution in [0.1, 0.15) is 30.7 Å². The highest BCUT2D eigenvalue weighted by Crippen LogP contribution is 2.46. The molecule has 1 aromatic carbocycles. The molecular weight excluding hydrogens is 307 g/mol. The van der Waals surface area contributed by atoms with E-state index < -0.39 is 0 Å². The van der Waals surface area contributed by atoms with E-state index in [1.165, 1.54) is 18.4 Å². The maximum absolute atomic E-state index is 6.20. The maximum atomic E-state index is 6.20. The van der Waals surface area contributed by atoms with Crippen LogP contribution in [-0.4, -0.2) is 37.4 Å². The molecule has 0 saturated carbocycles. The van der Waals surface area contributed by atoms with E-state index in [2.05, 4.69) is 23.2 Å². The number of benzene rings is 1. The Morgan fingerprint density at radius 3 is 2.81 bits per heavy atom. The molecule has 2 saturated heterocycles. The Labute approximate surface area is 135 Å². The van der Waals surface area contributed by atoms with Crippen molar-refractivity contribution in [1.29, 1.82) is 0 Å². The van der Waals surface area contributed by atoms with E-state index in [1.807, 2.05) is 18.3 Å². The molecule has 2 aliphatic heterocycles. The molecule has 1 aromatic rings. The third kappa shape index (κ3) is 2.79. The molecule has 0 N–H and O–H groups in total. The zero-order chi connectivity index (χ0) is 15.0. The average Bonchev–Trinajstić information content (AvgIpc) is 2.72. The highest BCUT2D eigenvalue weighted by Gasteiger charge is 2.45. The Balaban J connectivity index is 1.94. The topological polar surface area (TPSA) is 24.8 Å². The smallest absolute Gasteiger partial charge is 0.106 e. The fourth-order valence-corrected chi connectivity index (χ4v) is 4.25. The molecule has 0 radical (unpaired) electrons. The van der Waals surface area contributed by atoms with Crippen molar-refractivity contribution in [3.63, 3.8) is 0 Å². The van der Waals surface area contributed by atoms with Crippen molar-refractivity contribution in [3.05, 3.63) is 33.8 Å². The predicted molar refractivity (Wildman–Crippen MR) is 87.4 cm³/mol. The van der Waals surface area contributed by atoms with Crippen molar-refractivity contribution < 1.29 is 4.84 Å². The van der Waals surface area contributed by atoms with Gasteiger partial charge in [-0.2, -0.15) is 0 Å². The van der Waals surface area contributed by atoms with E-state index in [-0.39, 0.29) is 0 Å². The van der Waals surface area contributed by atoms with Gasteiger partial charge in [0, 0.05) is 24.2 Å². The van der Waals surface area contributed by atoms with Crippen LogP contribution < -0.4 is 0 Å². The molecule has 1 unspecified atom stereocenters. The summed E-state index contributed by atoms with van der Waals surface area (Å²) in [5, 5.41) is 5.29. The van der Waals surface area contributed by atoms with Gasteiger partial charge in [-0.05, 0) is 49.9 Å². The van der Waals surface area contributed by atoms with E-state index in [9.17, 15) is 0 Å². The number of oxime groups is 1. The third-order valence-corrected chi connectivity index (χ3v) is 5.78. The standard InChI is InChI=1S/C16H20Cl2N2O/c1-20-11-4-6-16(20)13(9-19-21-2)12(8-11)10-3-5-14(17)15(18)7-10/h3,5,7,9,11-13,16H,4,6,8H2,1-2H3/b19-9+/t11-,12-,13-,16?/m1/s1. The van der Waals surface area contributed by atoms with Gasteiger partial charge in [0.1, 0.15) is 7.11 Å². The van der Waals surface area contributed by atoms with E-state index in [0.717, 1.165) is 6.42 Å². The summed E-state index contributed by atoms with van der Waals surface area (Å²) < 4.78 is 0. The van der Waals surface area contributed by atoms with Crippen molar-refractivity contribution in [2.45, 2.75) is 37.3 Å². The lowest BCUT2D eigenvalue weighted by molar-refractivity contribution is 0.131. The number of rotatable bonds is 3.